The smallest absolute Gasteiger partial charge is 0.270 e. The van der Waals surface area contributed by atoms with Crippen LogP contribution in [0.5, 0.6) is 0 Å². The summed E-state index contributed by atoms with van der Waals surface area (Å²) in [4.78, 5) is 23.3. The molecule has 0 saturated heterocycles. The molecular formula is C22H33N5O. The number of nitrogens with zero attached hydrogens (tertiary/aromatic N) is 3. The SMILES string of the molecule is Cc1nc(Nc2c(C(C)C)cccc2C(C)C)cc(C(=O)NCCN(C)C)n1. The van der Waals surface area contributed by atoms with E-state index >= 15 is 0 Å². The minimum absolute atomic E-state index is 0.184. The van der Waals surface area contributed by atoms with Crippen molar-refractivity contribution in [1.29, 1.82) is 0 Å². The van der Waals surface area contributed by atoms with Crippen LogP contribution in [0.2, 0.25) is 0 Å². The fourth-order valence-corrected chi connectivity index (χ4v) is 3.06. The van der Waals surface area contributed by atoms with Gasteiger partial charge in [0.15, 0.2) is 0 Å². The largest absolute Gasteiger partial charge is 0.349 e. The Labute approximate surface area is 168 Å². The molecule has 0 bridgehead atoms. The Hall–Kier alpha value is -2.47. The van der Waals surface area contributed by atoms with E-state index in [4.69, 9.17) is 0 Å². The number of benzene rings is 1. The Balaban J connectivity index is 2.33. The third-order valence-electron chi connectivity index (χ3n) is 4.54. The van der Waals surface area contributed by atoms with Crippen molar-refractivity contribution < 1.29 is 4.79 Å². The van der Waals surface area contributed by atoms with Crippen molar-refractivity contribution in [2.24, 2.45) is 0 Å². The first-order chi connectivity index (χ1) is 13.2. The van der Waals surface area contributed by atoms with Gasteiger partial charge in [0.25, 0.3) is 5.91 Å². The number of nitrogens with one attached hydrogen (secondary N) is 2. The van der Waals surface area contributed by atoms with E-state index in [2.05, 4.69) is 66.5 Å². The van der Waals surface area contributed by atoms with Gasteiger partial charge in [-0.3, -0.25) is 4.79 Å². The topological polar surface area (TPSA) is 70.2 Å². The summed E-state index contributed by atoms with van der Waals surface area (Å²) in [6, 6.07) is 8.10. The number of hydrogen-bond donors (Lipinski definition) is 2. The van der Waals surface area contributed by atoms with Gasteiger partial charge in [-0.2, -0.15) is 0 Å². The van der Waals surface area contributed by atoms with Gasteiger partial charge < -0.3 is 15.5 Å². The molecule has 1 heterocycles. The molecule has 0 spiro atoms. The summed E-state index contributed by atoms with van der Waals surface area (Å²) in [5, 5.41) is 6.38. The lowest BCUT2D eigenvalue weighted by Gasteiger charge is -2.21. The lowest BCUT2D eigenvalue weighted by molar-refractivity contribution is 0.0945. The molecular weight excluding hydrogens is 350 g/mol. The van der Waals surface area contributed by atoms with Gasteiger partial charge in [0.1, 0.15) is 17.3 Å². The molecule has 2 N–H and O–H groups in total. The standard InChI is InChI=1S/C22H33N5O/c1-14(2)17-9-8-10-18(15(3)4)21(17)26-20-13-19(24-16(5)25-20)22(28)23-11-12-27(6)7/h8-10,13-15H,11-12H2,1-7H3,(H,23,28)(H,24,25,26). The molecule has 0 fully saturated rings. The van der Waals surface area contributed by atoms with Gasteiger partial charge in [0.05, 0.1) is 0 Å². The summed E-state index contributed by atoms with van der Waals surface area (Å²) in [7, 11) is 3.95. The third kappa shape index (κ3) is 5.76. The fourth-order valence-electron chi connectivity index (χ4n) is 3.06. The Morgan fingerprint density at radius 3 is 2.21 bits per heavy atom. The zero-order valence-electron chi connectivity index (χ0n) is 18.1. The number of hydrogen-bond acceptors (Lipinski definition) is 5. The third-order valence-corrected chi connectivity index (χ3v) is 4.54. The molecule has 1 aromatic heterocycles. The van der Waals surface area contributed by atoms with E-state index in [1.807, 2.05) is 19.0 Å². The van der Waals surface area contributed by atoms with Gasteiger partial charge in [-0.05, 0) is 44.0 Å². The second-order valence-corrected chi connectivity index (χ2v) is 7.99. The molecule has 1 amide bonds. The van der Waals surface area contributed by atoms with Gasteiger partial charge >= 0.3 is 0 Å². The molecule has 2 rings (SSSR count). The van der Waals surface area contributed by atoms with Crippen LogP contribution in [0, 0.1) is 6.92 Å². The second-order valence-electron chi connectivity index (χ2n) is 7.99. The summed E-state index contributed by atoms with van der Waals surface area (Å²) >= 11 is 0. The number of para-hydroxylation sites is 1. The zero-order valence-corrected chi connectivity index (χ0v) is 18.1. The van der Waals surface area contributed by atoms with E-state index in [0.717, 1.165) is 12.2 Å². The highest BCUT2D eigenvalue weighted by Gasteiger charge is 2.16. The van der Waals surface area contributed by atoms with E-state index in [9.17, 15) is 4.79 Å². The molecule has 6 heteroatoms. The maximum absolute atomic E-state index is 12.5. The van der Waals surface area contributed by atoms with Crippen molar-refractivity contribution in [1.82, 2.24) is 20.2 Å². The van der Waals surface area contributed by atoms with Crippen LogP contribution >= 0.6 is 0 Å². The van der Waals surface area contributed by atoms with Crippen LogP contribution in [-0.2, 0) is 0 Å². The van der Waals surface area contributed by atoms with E-state index in [1.54, 1.807) is 13.0 Å². The lowest BCUT2D eigenvalue weighted by Crippen LogP contribution is -2.32. The van der Waals surface area contributed by atoms with Crippen LogP contribution in [0.3, 0.4) is 0 Å². The average Bonchev–Trinajstić information content (AvgIpc) is 2.60. The van der Waals surface area contributed by atoms with E-state index in [0.29, 0.717) is 35.7 Å². The van der Waals surface area contributed by atoms with E-state index in [-0.39, 0.29) is 5.91 Å². The zero-order chi connectivity index (χ0) is 20.8. The average molecular weight is 384 g/mol. The Kier molecular flexibility index (Phi) is 7.52. The summed E-state index contributed by atoms with van der Waals surface area (Å²) in [6.45, 7) is 11.9. The van der Waals surface area contributed by atoms with Crippen molar-refractivity contribution in [3.63, 3.8) is 0 Å². The summed E-state index contributed by atoms with van der Waals surface area (Å²) in [6.07, 6.45) is 0. The number of aromatic nitrogens is 2. The normalized spacial score (nSPS) is 11.4. The van der Waals surface area contributed by atoms with Crippen molar-refractivity contribution in [2.45, 2.75) is 46.5 Å². The molecule has 152 valence electrons. The van der Waals surface area contributed by atoms with Gasteiger partial charge in [0, 0.05) is 24.8 Å². The van der Waals surface area contributed by atoms with Crippen molar-refractivity contribution in [3.05, 3.63) is 46.9 Å². The van der Waals surface area contributed by atoms with Crippen LogP contribution in [0.4, 0.5) is 11.5 Å². The maximum atomic E-state index is 12.5. The highest BCUT2D eigenvalue weighted by Crippen LogP contribution is 2.34. The minimum Gasteiger partial charge on any atom is -0.349 e. The van der Waals surface area contributed by atoms with Crippen LogP contribution < -0.4 is 10.6 Å². The molecule has 0 saturated carbocycles. The Morgan fingerprint density at radius 1 is 1.07 bits per heavy atom. The van der Waals surface area contributed by atoms with Gasteiger partial charge in [0.2, 0.25) is 0 Å². The van der Waals surface area contributed by atoms with Crippen molar-refractivity contribution in [2.75, 3.05) is 32.5 Å². The van der Waals surface area contributed by atoms with Crippen LogP contribution in [0.25, 0.3) is 0 Å². The lowest BCUT2D eigenvalue weighted by atomic mass is 9.92. The molecule has 0 unspecified atom stereocenters. The number of aryl methyl sites for hydroxylation is 1. The first-order valence-corrected chi connectivity index (χ1v) is 9.87. The summed E-state index contributed by atoms with van der Waals surface area (Å²) in [5.41, 5.74) is 3.92. The molecule has 0 atom stereocenters. The van der Waals surface area contributed by atoms with Gasteiger partial charge in [-0.15, -0.1) is 0 Å². The van der Waals surface area contributed by atoms with Crippen molar-refractivity contribution >= 4 is 17.4 Å². The number of carbonyl (C=O) groups is 1. The highest BCUT2D eigenvalue weighted by atomic mass is 16.1. The Bertz CT molecular complexity index is 788. The van der Waals surface area contributed by atoms with Gasteiger partial charge in [-0.1, -0.05) is 45.9 Å². The second kappa shape index (κ2) is 9.64. The monoisotopic (exact) mass is 383 g/mol. The van der Waals surface area contributed by atoms with Crippen LogP contribution in [0.15, 0.2) is 24.3 Å². The van der Waals surface area contributed by atoms with Crippen molar-refractivity contribution in [3.8, 4) is 0 Å². The first kappa shape index (κ1) is 21.8. The molecule has 6 nitrogen and oxygen atoms in total. The summed E-state index contributed by atoms with van der Waals surface area (Å²) in [5.74, 6) is 1.77. The predicted molar refractivity (Wildman–Crippen MR) is 116 cm³/mol. The molecule has 28 heavy (non-hydrogen) atoms. The predicted octanol–water partition coefficient (Wildman–Crippen LogP) is 4.07. The minimum atomic E-state index is -0.184. The number of anilines is 2. The highest BCUT2D eigenvalue weighted by molar-refractivity contribution is 5.93. The molecule has 1 aromatic carbocycles. The maximum Gasteiger partial charge on any atom is 0.270 e. The quantitative estimate of drug-likeness (QED) is 0.719. The molecule has 0 aliphatic heterocycles. The van der Waals surface area contributed by atoms with Gasteiger partial charge in [-0.25, -0.2) is 9.97 Å². The Morgan fingerprint density at radius 2 is 1.68 bits per heavy atom. The number of carbonyl (C=O) groups excluding carboxylic acids is 1. The molecule has 0 aliphatic carbocycles. The number of amides is 1. The number of likely N-dealkylation sites (N-methyl/N-ethyl adjacent to an activating group) is 1. The van der Waals surface area contributed by atoms with E-state index in [1.165, 1.54) is 11.1 Å². The molecule has 2 aromatic rings. The van der Waals surface area contributed by atoms with Crippen LogP contribution in [-0.4, -0.2) is 48.0 Å². The molecule has 0 radical (unpaired) electrons. The van der Waals surface area contributed by atoms with Crippen LogP contribution in [0.1, 0.15) is 67.0 Å². The van der Waals surface area contributed by atoms with E-state index < -0.39 is 0 Å². The summed E-state index contributed by atoms with van der Waals surface area (Å²) < 4.78 is 0. The first-order valence-electron chi connectivity index (χ1n) is 9.87. The molecule has 0 aliphatic rings. The fraction of sp³-hybridized carbons (Fsp3) is 0.500. The number of rotatable bonds is 8.